The summed E-state index contributed by atoms with van der Waals surface area (Å²) in [6, 6.07) is 0.310. The number of hydrogen-bond donors (Lipinski definition) is 0. The van der Waals surface area contributed by atoms with Crippen molar-refractivity contribution in [1.29, 1.82) is 0 Å². The van der Waals surface area contributed by atoms with E-state index < -0.39 is 0 Å². The van der Waals surface area contributed by atoms with Crippen LogP contribution in [0.1, 0.15) is 38.4 Å². The third-order valence-corrected chi connectivity index (χ3v) is 3.56. The van der Waals surface area contributed by atoms with Gasteiger partial charge in [-0.2, -0.15) is 4.98 Å². The van der Waals surface area contributed by atoms with Gasteiger partial charge in [-0.15, -0.1) is 0 Å². The molecule has 7 heteroatoms. The first kappa shape index (κ1) is 13.9. The van der Waals surface area contributed by atoms with Gasteiger partial charge in [0.1, 0.15) is 0 Å². The number of hydrogen-bond acceptors (Lipinski definition) is 7. The highest BCUT2D eigenvalue weighted by atomic mass is 16.5. The van der Waals surface area contributed by atoms with Gasteiger partial charge in [-0.3, -0.25) is 0 Å². The molecule has 0 radical (unpaired) electrons. The number of rotatable bonds is 3. The zero-order valence-electron chi connectivity index (χ0n) is 12.4. The summed E-state index contributed by atoms with van der Waals surface area (Å²) < 4.78 is 16.0. The fourth-order valence-corrected chi connectivity index (χ4v) is 2.50. The highest BCUT2D eigenvalue weighted by Crippen LogP contribution is 2.34. The maximum absolute atomic E-state index is 5.71. The summed E-state index contributed by atoms with van der Waals surface area (Å²) in [5.41, 5.74) is 0.535. The van der Waals surface area contributed by atoms with Gasteiger partial charge in [0.2, 0.25) is 0 Å². The maximum Gasteiger partial charge on any atom is 0.316 e. The van der Waals surface area contributed by atoms with Crippen molar-refractivity contribution in [1.82, 2.24) is 20.1 Å². The number of methoxy groups -OCH3 is 1. The molecular weight excluding hydrogens is 272 g/mol. The Kier molecular flexibility index (Phi) is 3.59. The molecule has 2 aromatic heterocycles. The second kappa shape index (κ2) is 5.40. The van der Waals surface area contributed by atoms with Crippen molar-refractivity contribution >= 4 is 0 Å². The molecule has 7 nitrogen and oxygen atoms in total. The molecule has 0 aliphatic carbocycles. The van der Waals surface area contributed by atoms with Crippen LogP contribution in [0, 0.1) is 0 Å². The maximum atomic E-state index is 5.71. The molecule has 0 amide bonds. The molecule has 0 N–H and O–H groups in total. The Morgan fingerprint density at radius 1 is 1.29 bits per heavy atom. The van der Waals surface area contributed by atoms with Crippen LogP contribution in [-0.4, -0.2) is 39.4 Å². The summed E-state index contributed by atoms with van der Waals surface area (Å²) in [4.78, 5) is 12.5. The van der Waals surface area contributed by atoms with E-state index in [1.165, 1.54) is 7.11 Å². The van der Waals surface area contributed by atoms with E-state index in [-0.39, 0.29) is 11.5 Å². The molecule has 2 aromatic rings. The van der Waals surface area contributed by atoms with Crippen molar-refractivity contribution in [3.63, 3.8) is 0 Å². The largest absolute Gasteiger partial charge is 0.467 e. The first-order valence-electron chi connectivity index (χ1n) is 6.91. The molecule has 0 aromatic carbocycles. The van der Waals surface area contributed by atoms with Crippen LogP contribution in [0.3, 0.4) is 0 Å². The lowest BCUT2D eigenvalue weighted by Gasteiger charge is -2.34. The predicted molar refractivity (Wildman–Crippen MR) is 73.9 cm³/mol. The van der Waals surface area contributed by atoms with E-state index in [9.17, 15) is 0 Å². The Balaban J connectivity index is 1.79. The van der Waals surface area contributed by atoms with Gasteiger partial charge in [0.15, 0.2) is 5.82 Å². The number of aromatic nitrogens is 4. The van der Waals surface area contributed by atoms with E-state index in [0.29, 0.717) is 24.1 Å². The molecular formula is C14H18N4O3. The number of nitrogens with zero attached hydrogens (tertiary/aromatic N) is 4. The average Bonchev–Trinajstić information content (AvgIpc) is 2.96. The van der Waals surface area contributed by atoms with Crippen LogP contribution in [0.4, 0.5) is 0 Å². The van der Waals surface area contributed by atoms with E-state index in [1.54, 1.807) is 12.4 Å². The van der Waals surface area contributed by atoms with Crippen LogP contribution in [0.25, 0.3) is 11.5 Å². The van der Waals surface area contributed by atoms with Crippen molar-refractivity contribution in [2.24, 2.45) is 0 Å². The molecule has 0 saturated carbocycles. The van der Waals surface area contributed by atoms with E-state index in [0.717, 1.165) is 18.7 Å². The van der Waals surface area contributed by atoms with Gasteiger partial charge in [0, 0.05) is 24.9 Å². The van der Waals surface area contributed by atoms with Gasteiger partial charge in [-0.05, 0) is 26.7 Å². The minimum atomic E-state index is -0.146. The summed E-state index contributed by atoms with van der Waals surface area (Å²) in [7, 11) is 1.52. The summed E-state index contributed by atoms with van der Waals surface area (Å²) in [6.07, 6.45) is 5.00. The second-order valence-corrected chi connectivity index (χ2v) is 5.71. The lowest BCUT2D eigenvalue weighted by Crippen LogP contribution is -2.33. The number of ether oxygens (including phenoxy) is 2. The molecule has 1 aliphatic heterocycles. The molecule has 0 spiro atoms. The Bertz CT molecular complexity index is 609. The Hall–Kier alpha value is -2.02. The first-order valence-corrected chi connectivity index (χ1v) is 6.91. The smallest absolute Gasteiger partial charge is 0.316 e. The highest BCUT2D eigenvalue weighted by molar-refractivity contribution is 5.49. The van der Waals surface area contributed by atoms with Crippen LogP contribution in [0.15, 0.2) is 16.9 Å². The summed E-state index contributed by atoms with van der Waals surface area (Å²) in [5.74, 6) is 1.40. The van der Waals surface area contributed by atoms with Crippen LogP contribution in [-0.2, 0) is 4.74 Å². The predicted octanol–water partition coefficient (Wildman–Crippen LogP) is 2.21. The fourth-order valence-electron chi connectivity index (χ4n) is 2.50. The zero-order valence-corrected chi connectivity index (χ0v) is 12.4. The zero-order chi connectivity index (χ0) is 14.9. The fraction of sp³-hybridized carbons (Fsp3) is 0.571. The monoisotopic (exact) mass is 290 g/mol. The molecule has 0 bridgehead atoms. The highest BCUT2D eigenvalue weighted by Gasteiger charge is 2.32. The van der Waals surface area contributed by atoms with Crippen molar-refractivity contribution in [2.45, 2.75) is 38.2 Å². The van der Waals surface area contributed by atoms with Crippen molar-refractivity contribution in [3.05, 3.63) is 18.2 Å². The van der Waals surface area contributed by atoms with Crippen molar-refractivity contribution in [3.8, 4) is 17.5 Å². The summed E-state index contributed by atoms with van der Waals surface area (Å²) in [5, 5.41) is 4.10. The average molecular weight is 290 g/mol. The van der Waals surface area contributed by atoms with Gasteiger partial charge in [-0.25, -0.2) is 9.97 Å². The van der Waals surface area contributed by atoms with Gasteiger partial charge in [0.05, 0.1) is 18.3 Å². The lowest BCUT2D eigenvalue weighted by atomic mass is 9.88. The van der Waals surface area contributed by atoms with Gasteiger partial charge < -0.3 is 14.0 Å². The van der Waals surface area contributed by atoms with Crippen molar-refractivity contribution in [2.75, 3.05) is 13.7 Å². The Morgan fingerprint density at radius 3 is 2.71 bits per heavy atom. The van der Waals surface area contributed by atoms with E-state index in [1.807, 2.05) is 0 Å². The normalized spacial score (nSPS) is 21.2. The third kappa shape index (κ3) is 3.02. The SMILES string of the molecule is COc1ncc(-c2nc(C3CCOC(C)(C)C3)no2)cn1. The summed E-state index contributed by atoms with van der Waals surface area (Å²) >= 11 is 0. The molecule has 1 fully saturated rings. The van der Waals surface area contributed by atoms with Crippen LogP contribution in [0.2, 0.25) is 0 Å². The molecule has 3 heterocycles. The Labute approximate surface area is 122 Å². The van der Waals surface area contributed by atoms with E-state index >= 15 is 0 Å². The van der Waals surface area contributed by atoms with E-state index in [2.05, 4.69) is 34.0 Å². The minimum Gasteiger partial charge on any atom is -0.467 e. The third-order valence-electron chi connectivity index (χ3n) is 3.56. The summed E-state index contributed by atoms with van der Waals surface area (Å²) in [6.45, 7) is 4.88. The van der Waals surface area contributed by atoms with Crippen molar-refractivity contribution < 1.29 is 14.0 Å². The molecule has 1 unspecified atom stereocenters. The molecule has 1 saturated heterocycles. The van der Waals surface area contributed by atoms with Crippen LogP contribution >= 0.6 is 0 Å². The van der Waals surface area contributed by atoms with Gasteiger partial charge in [-0.1, -0.05) is 5.16 Å². The molecule has 3 rings (SSSR count). The Morgan fingerprint density at radius 2 is 2.05 bits per heavy atom. The minimum absolute atomic E-state index is 0.146. The first-order chi connectivity index (χ1) is 10.1. The standard InChI is InChI=1S/C14H18N4O3/c1-14(2)6-9(4-5-20-14)11-17-12(21-18-11)10-7-15-13(19-3)16-8-10/h7-9H,4-6H2,1-3H3. The quantitative estimate of drug-likeness (QED) is 0.856. The second-order valence-electron chi connectivity index (χ2n) is 5.71. The molecule has 112 valence electrons. The topological polar surface area (TPSA) is 83.2 Å². The van der Waals surface area contributed by atoms with Crippen LogP contribution < -0.4 is 4.74 Å². The lowest BCUT2D eigenvalue weighted by molar-refractivity contribution is -0.0604. The van der Waals surface area contributed by atoms with Gasteiger partial charge >= 0.3 is 6.01 Å². The van der Waals surface area contributed by atoms with Gasteiger partial charge in [0.25, 0.3) is 5.89 Å². The molecule has 21 heavy (non-hydrogen) atoms. The molecule has 1 atom stereocenters. The molecule has 1 aliphatic rings. The van der Waals surface area contributed by atoms with Crippen LogP contribution in [0.5, 0.6) is 6.01 Å². The van der Waals surface area contributed by atoms with E-state index in [4.69, 9.17) is 14.0 Å².